The van der Waals surface area contributed by atoms with Crippen molar-refractivity contribution in [3.05, 3.63) is 23.8 Å². The first-order chi connectivity index (χ1) is 14.1. The van der Waals surface area contributed by atoms with E-state index in [0.29, 0.717) is 37.3 Å². The Balaban J connectivity index is 1.14. The largest absolute Gasteiger partial charge is 0.486 e. The van der Waals surface area contributed by atoms with Gasteiger partial charge in [0.05, 0.1) is 5.92 Å². The maximum atomic E-state index is 12.8. The number of amides is 1. The number of hydrogen-bond acceptors (Lipinski definition) is 5. The molecule has 1 aromatic carbocycles. The van der Waals surface area contributed by atoms with Gasteiger partial charge in [-0.05, 0) is 73.5 Å². The Bertz CT molecular complexity index is 778. The van der Waals surface area contributed by atoms with E-state index in [0.717, 1.165) is 23.1 Å². The number of hydrogen-bond donors (Lipinski definition) is 0. The zero-order chi connectivity index (χ0) is 20.0. The highest BCUT2D eigenvalue weighted by Crippen LogP contribution is 2.56. The minimum absolute atomic E-state index is 0.0127. The number of esters is 1. The molecule has 4 saturated carbocycles. The highest BCUT2D eigenvalue weighted by molar-refractivity contribution is 5.81. The highest BCUT2D eigenvalue weighted by Gasteiger charge is 2.51. The summed E-state index contributed by atoms with van der Waals surface area (Å²) < 4.78 is 16.6. The molecule has 29 heavy (non-hydrogen) atoms. The van der Waals surface area contributed by atoms with Gasteiger partial charge in [-0.25, -0.2) is 0 Å². The molecule has 0 N–H and O–H groups in total. The Kier molecular flexibility index (Phi) is 4.88. The van der Waals surface area contributed by atoms with Gasteiger partial charge in [-0.15, -0.1) is 0 Å². The van der Waals surface area contributed by atoms with Gasteiger partial charge in [-0.2, -0.15) is 0 Å². The zero-order valence-corrected chi connectivity index (χ0v) is 17.0. The monoisotopic (exact) mass is 399 g/mol. The van der Waals surface area contributed by atoms with Gasteiger partial charge >= 0.3 is 5.97 Å². The van der Waals surface area contributed by atoms with Gasteiger partial charge in [0.25, 0.3) is 5.91 Å². The number of fused-ring (bicyclic) bond motifs is 1. The second-order valence-electron chi connectivity index (χ2n) is 9.29. The molecule has 0 aromatic heterocycles. The molecule has 4 fully saturated rings. The molecule has 4 bridgehead atoms. The number of carbonyl (C=O) groups is 2. The van der Waals surface area contributed by atoms with E-state index in [2.05, 4.69) is 0 Å². The Labute approximate surface area is 171 Å². The summed E-state index contributed by atoms with van der Waals surface area (Å²) >= 11 is 0. The van der Waals surface area contributed by atoms with Crippen molar-refractivity contribution in [1.82, 2.24) is 4.90 Å². The molecule has 1 aliphatic heterocycles. The van der Waals surface area contributed by atoms with Crippen LogP contribution in [0.5, 0.6) is 11.5 Å². The van der Waals surface area contributed by atoms with Gasteiger partial charge in [0.15, 0.2) is 18.1 Å². The molecule has 0 radical (unpaired) electrons. The molecule has 0 saturated heterocycles. The lowest BCUT2D eigenvalue weighted by molar-refractivity contribution is -0.166. The van der Waals surface area contributed by atoms with Gasteiger partial charge in [-0.3, -0.25) is 9.59 Å². The third-order valence-corrected chi connectivity index (χ3v) is 7.29. The summed E-state index contributed by atoms with van der Waals surface area (Å²) in [5.41, 5.74) is 0.956. The van der Waals surface area contributed by atoms with Gasteiger partial charge in [-0.1, -0.05) is 6.07 Å². The summed E-state index contributed by atoms with van der Waals surface area (Å²) in [4.78, 5) is 26.9. The maximum absolute atomic E-state index is 12.8. The Hall–Kier alpha value is -2.24. The van der Waals surface area contributed by atoms with Crippen LogP contribution in [0.15, 0.2) is 18.2 Å². The maximum Gasteiger partial charge on any atom is 0.310 e. The molecular weight excluding hydrogens is 370 g/mol. The normalized spacial score (nSPS) is 31.4. The molecule has 0 atom stereocenters. The zero-order valence-electron chi connectivity index (χ0n) is 17.0. The molecule has 1 aromatic rings. The fourth-order valence-corrected chi connectivity index (χ4v) is 6.20. The second kappa shape index (κ2) is 7.54. The molecule has 156 valence electrons. The molecule has 0 spiro atoms. The van der Waals surface area contributed by atoms with Crippen LogP contribution in [-0.4, -0.2) is 43.6 Å². The summed E-state index contributed by atoms with van der Waals surface area (Å²) in [6, 6.07) is 5.70. The van der Waals surface area contributed by atoms with E-state index in [9.17, 15) is 9.59 Å². The van der Waals surface area contributed by atoms with E-state index in [-0.39, 0.29) is 24.4 Å². The average Bonchev–Trinajstić information content (AvgIpc) is 2.71. The number of rotatable bonds is 5. The molecular formula is C23H29NO5. The minimum Gasteiger partial charge on any atom is -0.486 e. The SMILES string of the molecule is CN(Cc1ccc2c(c1)OCCO2)C(=O)COC(=O)C1C2CC3CC(C2)CC1C3. The molecule has 6 heteroatoms. The van der Waals surface area contributed by atoms with Crippen LogP contribution in [0, 0.1) is 29.6 Å². The van der Waals surface area contributed by atoms with Crippen molar-refractivity contribution in [2.45, 2.75) is 38.6 Å². The van der Waals surface area contributed by atoms with Gasteiger partial charge in [0.1, 0.15) is 13.2 Å². The van der Waals surface area contributed by atoms with Crippen LogP contribution in [0.4, 0.5) is 0 Å². The van der Waals surface area contributed by atoms with Crippen molar-refractivity contribution in [2.24, 2.45) is 29.6 Å². The predicted molar refractivity (Wildman–Crippen MR) is 105 cm³/mol. The Morgan fingerprint density at radius 1 is 1.00 bits per heavy atom. The number of carbonyl (C=O) groups excluding carboxylic acids is 2. The molecule has 0 unspecified atom stereocenters. The van der Waals surface area contributed by atoms with Crippen LogP contribution in [0.25, 0.3) is 0 Å². The van der Waals surface area contributed by atoms with E-state index in [1.165, 1.54) is 32.1 Å². The summed E-state index contributed by atoms with van der Waals surface area (Å²) in [6.45, 7) is 1.35. The first kappa shape index (κ1) is 18.8. The lowest BCUT2D eigenvalue weighted by Crippen LogP contribution is -2.48. The van der Waals surface area contributed by atoms with Crippen molar-refractivity contribution < 1.29 is 23.8 Å². The molecule has 6 nitrogen and oxygen atoms in total. The third kappa shape index (κ3) is 3.69. The Morgan fingerprint density at radius 2 is 1.66 bits per heavy atom. The molecule has 1 heterocycles. The van der Waals surface area contributed by atoms with Gasteiger partial charge in [0, 0.05) is 13.6 Å². The summed E-state index contributed by atoms with van der Waals surface area (Å²) in [6.07, 6.45) is 6.04. The van der Waals surface area contributed by atoms with Crippen LogP contribution in [0.2, 0.25) is 0 Å². The third-order valence-electron chi connectivity index (χ3n) is 7.29. The number of ether oxygens (including phenoxy) is 3. The number of benzene rings is 1. The van der Waals surface area contributed by atoms with E-state index >= 15 is 0 Å². The lowest BCUT2D eigenvalue weighted by atomic mass is 9.52. The van der Waals surface area contributed by atoms with Gasteiger partial charge < -0.3 is 19.1 Å². The molecule has 1 amide bonds. The van der Waals surface area contributed by atoms with E-state index in [1.807, 2.05) is 18.2 Å². The standard InChI is InChI=1S/C23H29NO5/c1-24(12-14-2-3-19-20(11-14)28-5-4-27-19)21(25)13-29-23(26)22-17-7-15-6-16(9-17)10-18(22)8-15/h2-3,11,15-18,22H,4-10,12-13H2,1H3. The van der Waals surface area contributed by atoms with Crippen LogP contribution >= 0.6 is 0 Å². The Morgan fingerprint density at radius 3 is 2.34 bits per heavy atom. The van der Waals surface area contributed by atoms with Crippen LogP contribution in [0.3, 0.4) is 0 Å². The van der Waals surface area contributed by atoms with Gasteiger partial charge in [0.2, 0.25) is 0 Å². The fourth-order valence-electron chi connectivity index (χ4n) is 6.20. The predicted octanol–water partition coefficient (Wildman–Crippen LogP) is 3.03. The van der Waals surface area contributed by atoms with Crippen molar-refractivity contribution >= 4 is 11.9 Å². The number of nitrogens with zero attached hydrogens (tertiary/aromatic N) is 1. The van der Waals surface area contributed by atoms with Crippen LogP contribution in [-0.2, 0) is 20.9 Å². The quantitative estimate of drug-likeness (QED) is 0.712. The van der Waals surface area contributed by atoms with Crippen molar-refractivity contribution in [2.75, 3.05) is 26.9 Å². The van der Waals surface area contributed by atoms with Crippen LogP contribution < -0.4 is 9.47 Å². The number of likely N-dealkylation sites (N-methyl/N-ethyl adjacent to an activating group) is 1. The highest BCUT2D eigenvalue weighted by atomic mass is 16.6. The van der Waals surface area contributed by atoms with Crippen molar-refractivity contribution in [1.29, 1.82) is 0 Å². The molecule has 4 aliphatic carbocycles. The van der Waals surface area contributed by atoms with Crippen molar-refractivity contribution in [3.8, 4) is 11.5 Å². The topological polar surface area (TPSA) is 65.1 Å². The van der Waals surface area contributed by atoms with E-state index in [1.54, 1.807) is 11.9 Å². The first-order valence-electron chi connectivity index (χ1n) is 10.9. The molecule has 5 aliphatic rings. The summed E-state index contributed by atoms with van der Waals surface area (Å²) in [7, 11) is 1.73. The van der Waals surface area contributed by atoms with E-state index in [4.69, 9.17) is 14.2 Å². The minimum atomic E-state index is -0.183. The summed E-state index contributed by atoms with van der Waals surface area (Å²) in [5.74, 6) is 3.71. The smallest absolute Gasteiger partial charge is 0.310 e. The lowest BCUT2D eigenvalue weighted by Gasteiger charge is -2.53. The van der Waals surface area contributed by atoms with Crippen LogP contribution in [0.1, 0.15) is 37.7 Å². The molecule has 6 rings (SSSR count). The summed E-state index contributed by atoms with van der Waals surface area (Å²) in [5, 5.41) is 0. The fraction of sp³-hybridized carbons (Fsp3) is 0.652. The second-order valence-corrected chi connectivity index (χ2v) is 9.29. The van der Waals surface area contributed by atoms with Crippen molar-refractivity contribution in [3.63, 3.8) is 0 Å². The van der Waals surface area contributed by atoms with E-state index < -0.39 is 0 Å². The average molecular weight is 399 g/mol. The first-order valence-corrected chi connectivity index (χ1v) is 10.9.